The molecule has 0 fully saturated rings. The molecule has 226 valence electrons. The first-order valence-electron chi connectivity index (χ1n) is 12.8. The van der Waals surface area contributed by atoms with E-state index in [1.165, 1.54) is 24.3 Å². The molecule has 0 atom stereocenters. The van der Waals surface area contributed by atoms with Crippen LogP contribution in [-0.2, 0) is 0 Å². The fourth-order valence-corrected chi connectivity index (χ4v) is 5.25. The summed E-state index contributed by atoms with van der Waals surface area (Å²) < 4.78 is 146. The summed E-state index contributed by atoms with van der Waals surface area (Å²) in [6.45, 7) is 0. The number of aromatic amines is 3. The molecular formula is C31H12F10N4. The van der Waals surface area contributed by atoms with Gasteiger partial charge in [0, 0.05) is 33.2 Å². The maximum Gasteiger partial charge on any atom is 0.200 e. The maximum absolute atomic E-state index is 15.2. The van der Waals surface area contributed by atoms with Gasteiger partial charge in [0.25, 0.3) is 0 Å². The summed E-state index contributed by atoms with van der Waals surface area (Å²) >= 11 is 0. The molecule has 5 heterocycles. The lowest BCUT2D eigenvalue weighted by atomic mass is 10.0. The van der Waals surface area contributed by atoms with Gasteiger partial charge in [0.1, 0.15) is 0 Å². The Bertz CT molecular complexity index is 2340. The van der Waals surface area contributed by atoms with Crippen molar-refractivity contribution in [2.24, 2.45) is 0 Å². The average molecular weight is 630 g/mol. The highest BCUT2D eigenvalue weighted by atomic mass is 19.2. The molecule has 1 aliphatic rings. The van der Waals surface area contributed by atoms with Gasteiger partial charge in [-0.1, -0.05) is 0 Å². The molecule has 3 N–H and O–H groups in total. The molecule has 6 aromatic rings. The molecule has 4 aromatic heterocycles. The first-order valence-corrected chi connectivity index (χ1v) is 12.8. The number of nitrogens with zero attached hydrogens (tertiary/aromatic N) is 1. The quantitative estimate of drug-likeness (QED) is 0.0995. The second-order valence-electron chi connectivity index (χ2n) is 9.94. The maximum atomic E-state index is 15.2. The van der Waals surface area contributed by atoms with Gasteiger partial charge in [0.15, 0.2) is 46.5 Å². The monoisotopic (exact) mass is 630 g/mol. The van der Waals surface area contributed by atoms with Gasteiger partial charge >= 0.3 is 0 Å². The van der Waals surface area contributed by atoms with E-state index in [1.54, 1.807) is 18.2 Å². The lowest BCUT2D eigenvalue weighted by molar-refractivity contribution is 0.381. The summed E-state index contributed by atoms with van der Waals surface area (Å²) in [5.41, 5.74) is -3.81. The first kappa shape index (κ1) is 28.3. The zero-order chi connectivity index (χ0) is 31.9. The Morgan fingerprint density at radius 2 is 0.689 bits per heavy atom. The fourth-order valence-electron chi connectivity index (χ4n) is 5.25. The summed E-state index contributed by atoms with van der Waals surface area (Å²) in [5.74, 6) is -22.6. The number of halogens is 10. The van der Waals surface area contributed by atoms with E-state index in [0.29, 0.717) is 22.1 Å². The first-order chi connectivity index (χ1) is 21.5. The van der Waals surface area contributed by atoms with Crippen LogP contribution in [0.4, 0.5) is 43.9 Å². The number of rotatable bonds is 2. The van der Waals surface area contributed by atoms with E-state index >= 15 is 17.6 Å². The van der Waals surface area contributed by atoms with Crippen molar-refractivity contribution in [1.29, 1.82) is 0 Å². The SMILES string of the molecule is Fc1c(F)c(F)c(-c2c3nc(c(-c4c(F)c(F)c(F)c(F)c4F)c4ccc([nH]4)c4ccc(cc5ccc2[nH]5)[nH]4)C=C3)c(F)c1F. The lowest BCUT2D eigenvalue weighted by Crippen LogP contribution is -2.05. The molecule has 0 radical (unpaired) electrons. The lowest BCUT2D eigenvalue weighted by Gasteiger charge is -2.10. The molecule has 0 unspecified atom stereocenters. The van der Waals surface area contributed by atoms with Crippen molar-refractivity contribution in [3.63, 3.8) is 0 Å². The van der Waals surface area contributed by atoms with Crippen molar-refractivity contribution >= 4 is 45.3 Å². The van der Waals surface area contributed by atoms with Gasteiger partial charge in [-0.15, -0.1) is 0 Å². The third-order valence-corrected chi connectivity index (χ3v) is 7.31. The Morgan fingerprint density at radius 3 is 1.18 bits per heavy atom. The Balaban J connectivity index is 1.72. The van der Waals surface area contributed by atoms with Gasteiger partial charge in [-0.2, -0.15) is 0 Å². The summed E-state index contributed by atoms with van der Waals surface area (Å²) in [6.07, 6.45) is 2.06. The smallest absolute Gasteiger partial charge is 0.200 e. The van der Waals surface area contributed by atoms with Gasteiger partial charge in [0.05, 0.1) is 33.5 Å². The number of nitrogens with one attached hydrogen (secondary N) is 3. The summed E-state index contributed by atoms with van der Waals surface area (Å²) in [5, 5.41) is 0. The van der Waals surface area contributed by atoms with Gasteiger partial charge in [-0.25, -0.2) is 48.9 Å². The highest BCUT2D eigenvalue weighted by Gasteiger charge is 2.31. The van der Waals surface area contributed by atoms with Crippen molar-refractivity contribution in [2.75, 3.05) is 0 Å². The molecule has 0 saturated heterocycles. The molecule has 14 heteroatoms. The van der Waals surface area contributed by atoms with Crippen LogP contribution in [0.3, 0.4) is 0 Å². The molecule has 45 heavy (non-hydrogen) atoms. The van der Waals surface area contributed by atoms with Crippen LogP contribution in [0.2, 0.25) is 0 Å². The van der Waals surface area contributed by atoms with E-state index in [9.17, 15) is 26.3 Å². The second-order valence-corrected chi connectivity index (χ2v) is 9.94. The molecule has 1 aliphatic heterocycles. The Labute approximate surface area is 243 Å². The molecule has 8 bridgehead atoms. The van der Waals surface area contributed by atoms with Gasteiger partial charge < -0.3 is 15.0 Å². The van der Waals surface area contributed by atoms with Crippen molar-refractivity contribution in [3.05, 3.63) is 112 Å². The molecule has 4 nitrogen and oxygen atoms in total. The van der Waals surface area contributed by atoms with E-state index in [1.807, 2.05) is 0 Å². The summed E-state index contributed by atoms with van der Waals surface area (Å²) in [7, 11) is 0. The standard InChI is InChI=1S/C31H12F10N4/c32-22-20(23(33)27(37)30(40)26(22)36)18-14-4-2-11(43-14)9-10-1-3-12(42-10)13-5-6-15(44-13)19(17-8-7-16(18)45-17)21-24(34)28(38)31(41)29(39)25(21)35/h1-9,42-44H. The van der Waals surface area contributed by atoms with Crippen LogP contribution in [0.1, 0.15) is 11.4 Å². The van der Waals surface area contributed by atoms with Crippen LogP contribution in [-0.4, -0.2) is 19.9 Å². The van der Waals surface area contributed by atoms with Crippen LogP contribution < -0.4 is 0 Å². The molecule has 0 aliphatic carbocycles. The van der Waals surface area contributed by atoms with Crippen LogP contribution >= 0.6 is 0 Å². The van der Waals surface area contributed by atoms with E-state index in [2.05, 4.69) is 19.9 Å². The Morgan fingerprint density at radius 1 is 0.356 bits per heavy atom. The minimum absolute atomic E-state index is 0.185. The van der Waals surface area contributed by atoms with Crippen molar-refractivity contribution in [2.45, 2.75) is 0 Å². The molecular weight excluding hydrogens is 618 g/mol. The molecule has 0 spiro atoms. The van der Waals surface area contributed by atoms with Gasteiger partial charge in [0.2, 0.25) is 11.6 Å². The zero-order valence-corrected chi connectivity index (χ0v) is 21.9. The predicted octanol–water partition coefficient (Wildman–Crippen LogP) is 9.42. The molecule has 0 saturated carbocycles. The van der Waals surface area contributed by atoms with Crippen LogP contribution in [0.25, 0.3) is 67.5 Å². The van der Waals surface area contributed by atoms with Crippen LogP contribution in [0, 0.1) is 58.2 Å². The third-order valence-electron chi connectivity index (χ3n) is 7.31. The summed E-state index contributed by atoms with van der Waals surface area (Å²) in [6, 6.07) is 10.2. The number of fused-ring (bicyclic) bond motifs is 9. The molecule has 7 rings (SSSR count). The van der Waals surface area contributed by atoms with Crippen molar-refractivity contribution in [3.8, 4) is 22.3 Å². The van der Waals surface area contributed by atoms with Crippen molar-refractivity contribution in [1.82, 2.24) is 19.9 Å². The molecule has 2 aromatic carbocycles. The average Bonchev–Trinajstić information content (AvgIpc) is 3.85. The third kappa shape index (κ3) is 4.19. The summed E-state index contributed by atoms with van der Waals surface area (Å²) in [4.78, 5) is 12.9. The van der Waals surface area contributed by atoms with Gasteiger partial charge in [-0.3, -0.25) is 0 Å². The topological polar surface area (TPSA) is 60.3 Å². The Hall–Kier alpha value is -5.53. The molecule has 0 amide bonds. The second kappa shape index (κ2) is 10.0. The van der Waals surface area contributed by atoms with E-state index in [0.717, 1.165) is 12.2 Å². The highest BCUT2D eigenvalue weighted by molar-refractivity contribution is 5.96. The number of H-pyrrole nitrogens is 3. The number of hydrogen-bond donors (Lipinski definition) is 3. The zero-order valence-electron chi connectivity index (χ0n) is 21.9. The minimum atomic E-state index is -2.41. The largest absolute Gasteiger partial charge is 0.355 e. The van der Waals surface area contributed by atoms with Crippen LogP contribution in [0.15, 0.2) is 42.5 Å². The minimum Gasteiger partial charge on any atom is -0.355 e. The highest BCUT2D eigenvalue weighted by Crippen LogP contribution is 2.40. The normalized spacial score (nSPS) is 12.1. The van der Waals surface area contributed by atoms with Gasteiger partial charge in [-0.05, 0) is 54.6 Å². The number of benzene rings is 2. The number of hydrogen-bond acceptors (Lipinski definition) is 1. The van der Waals surface area contributed by atoms with E-state index < -0.39 is 91.8 Å². The number of aromatic nitrogens is 4. The van der Waals surface area contributed by atoms with Crippen LogP contribution in [0.5, 0.6) is 0 Å². The van der Waals surface area contributed by atoms with Crippen molar-refractivity contribution < 1.29 is 43.9 Å². The fraction of sp³-hybridized carbons (Fsp3) is 0. The van der Waals surface area contributed by atoms with E-state index in [4.69, 9.17) is 0 Å². The Kier molecular flexibility index (Phi) is 6.28. The van der Waals surface area contributed by atoms with E-state index in [-0.39, 0.29) is 11.0 Å². The predicted molar refractivity (Wildman–Crippen MR) is 146 cm³/mol.